The molecule has 24 heavy (non-hydrogen) atoms. The molecule has 0 amide bonds. The minimum atomic E-state index is -0.688. The van der Waals surface area contributed by atoms with Gasteiger partial charge in [0.15, 0.2) is 0 Å². The van der Waals surface area contributed by atoms with Gasteiger partial charge in [0.05, 0.1) is 0 Å². The number of benzene rings is 2. The second-order valence-electron chi connectivity index (χ2n) is 5.87. The van der Waals surface area contributed by atoms with Crippen molar-refractivity contribution in [2.45, 2.75) is 52.4 Å². The first kappa shape index (κ1) is 18.1. The Morgan fingerprint density at radius 3 is 2.25 bits per heavy atom. The molecule has 128 valence electrons. The highest BCUT2D eigenvalue weighted by Gasteiger charge is 2.14. The van der Waals surface area contributed by atoms with Gasteiger partial charge in [-0.15, -0.1) is 0 Å². The first-order valence-corrected chi connectivity index (χ1v) is 8.80. The van der Waals surface area contributed by atoms with Crippen LogP contribution in [-0.4, -0.2) is 6.16 Å². The highest BCUT2D eigenvalue weighted by atomic mass is 16.7. The first-order chi connectivity index (χ1) is 11.7. The van der Waals surface area contributed by atoms with Crippen molar-refractivity contribution in [1.82, 2.24) is 0 Å². The van der Waals surface area contributed by atoms with Gasteiger partial charge in [0.2, 0.25) is 0 Å². The normalized spacial score (nSPS) is 10.4. The van der Waals surface area contributed by atoms with Crippen molar-refractivity contribution in [3.8, 4) is 11.5 Å². The molecule has 0 aliphatic heterocycles. The van der Waals surface area contributed by atoms with Crippen LogP contribution in [0.3, 0.4) is 0 Å². The summed E-state index contributed by atoms with van der Waals surface area (Å²) in [4.78, 5) is 12.1. The van der Waals surface area contributed by atoms with Gasteiger partial charge < -0.3 is 9.47 Å². The Balaban J connectivity index is 2.13. The smallest absolute Gasteiger partial charge is 0.395 e. The Kier molecular flexibility index (Phi) is 7.34. The van der Waals surface area contributed by atoms with E-state index < -0.39 is 6.16 Å². The maximum atomic E-state index is 12.1. The van der Waals surface area contributed by atoms with Crippen LogP contribution in [0, 0.1) is 0 Å². The SMILES string of the molecule is CCCCc1cccc(OC(=O)Oc2ccccc2)c1CCCC. The Hall–Kier alpha value is -2.29. The molecule has 2 aromatic carbocycles. The fourth-order valence-electron chi connectivity index (χ4n) is 2.64. The topological polar surface area (TPSA) is 35.5 Å². The van der Waals surface area contributed by atoms with Crippen LogP contribution in [0.25, 0.3) is 0 Å². The van der Waals surface area contributed by atoms with Crippen LogP contribution in [0.2, 0.25) is 0 Å². The molecule has 0 unspecified atom stereocenters. The third-order valence-corrected chi connectivity index (χ3v) is 3.95. The molecule has 0 fully saturated rings. The third-order valence-electron chi connectivity index (χ3n) is 3.95. The average molecular weight is 326 g/mol. The van der Waals surface area contributed by atoms with E-state index in [2.05, 4.69) is 19.9 Å². The first-order valence-electron chi connectivity index (χ1n) is 8.80. The summed E-state index contributed by atoms with van der Waals surface area (Å²) in [5, 5.41) is 0. The minimum absolute atomic E-state index is 0.486. The Bertz CT molecular complexity index is 635. The molecule has 0 aliphatic carbocycles. The lowest BCUT2D eigenvalue weighted by Gasteiger charge is -2.14. The van der Waals surface area contributed by atoms with E-state index in [1.54, 1.807) is 12.1 Å². The summed E-state index contributed by atoms with van der Waals surface area (Å²) in [6.07, 6.45) is 5.71. The Labute approximate surface area is 144 Å². The van der Waals surface area contributed by atoms with Crippen molar-refractivity contribution >= 4 is 6.16 Å². The molecule has 3 nitrogen and oxygen atoms in total. The number of aryl methyl sites for hydroxylation is 1. The van der Waals surface area contributed by atoms with Gasteiger partial charge in [-0.25, -0.2) is 4.79 Å². The lowest BCUT2D eigenvalue weighted by Crippen LogP contribution is -2.15. The van der Waals surface area contributed by atoms with Crippen LogP contribution >= 0.6 is 0 Å². The van der Waals surface area contributed by atoms with Gasteiger partial charge >= 0.3 is 6.16 Å². The molecule has 0 atom stereocenters. The van der Waals surface area contributed by atoms with Gasteiger partial charge in [-0.05, 0) is 55.0 Å². The van der Waals surface area contributed by atoms with Crippen molar-refractivity contribution in [1.29, 1.82) is 0 Å². The number of carbonyl (C=O) groups excluding carboxylic acids is 1. The number of rotatable bonds is 8. The molecule has 0 aliphatic rings. The summed E-state index contributed by atoms with van der Waals surface area (Å²) in [6, 6.07) is 14.9. The molecular weight excluding hydrogens is 300 g/mol. The Morgan fingerprint density at radius 2 is 1.54 bits per heavy atom. The van der Waals surface area contributed by atoms with E-state index in [9.17, 15) is 4.79 Å². The van der Waals surface area contributed by atoms with Crippen molar-refractivity contribution in [2.24, 2.45) is 0 Å². The molecule has 0 N–H and O–H groups in total. The molecular formula is C21H26O3. The molecule has 3 heteroatoms. The lowest BCUT2D eigenvalue weighted by atomic mass is 9.97. The third kappa shape index (κ3) is 5.41. The standard InChI is InChI=1S/C21H26O3/c1-3-5-11-17-12-10-16-20(19(17)15-6-4-2)24-21(22)23-18-13-8-7-9-14-18/h7-10,12-14,16H,3-6,11,15H2,1-2H3. The van der Waals surface area contributed by atoms with E-state index in [-0.39, 0.29) is 0 Å². The minimum Gasteiger partial charge on any atom is -0.395 e. The van der Waals surface area contributed by atoms with E-state index in [0.717, 1.165) is 44.1 Å². The van der Waals surface area contributed by atoms with Crippen LogP contribution in [-0.2, 0) is 12.8 Å². The summed E-state index contributed by atoms with van der Waals surface area (Å²) in [5.41, 5.74) is 2.41. The van der Waals surface area contributed by atoms with E-state index in [1.807, 2.05) is 30.3 Å². The number of carbonyl (C=O) groups is 1. The molecule has 0 spiro atoms. The van der Waals surface area contributed by atoms with Crippen LogP contribution in [0.15, 0.2) is 48.5 Å². The zero-order valence-electron chi connectivity index (χ0n) is 14.6. The van der Waals surface area contributed by atoms with Crippen molar-refractivity contribution in [3.63, 3.8) is 0 Å². The molecule has 0 saturated heterocycles. The number of para-hydroxylation sites is 1. The Morgan fingerprint density at radius 1 is 0.833 bits per heavy atom. The van der Waals surface area contributed by atoms with E-state index in [1.165, 1.54) is 5.56 Å². The average Bonchev–Trinajstić information content (AvgIpc) is 2.60. The molecule has 2 aromatic rings. The van der Waals surface area contributed by atoms with Gasteiger partial charge in [-0.1, -0.05) is 57.0 Å². The van der Waals surface area contributed by atoms with E-state index in [4.69, 9.17) is 9.47 Å². The van der Waals surface area contributed by atoms with Crippen LogP contribution in [0.1, 0.15) is 50.7 Å². The van der Waals surface area contributed by atoms with E-state index >= 15 is 0 Å². The number of ether oxygens (including phenoxy) is 2. The van der Waals surface area contributed by atoms with Gasteiger partial charge in [-0.3, -0.25) is 0 Å². The molecule has 0 radical (unpaired) electrons. The second kappa shape index (κ2) is 9.76. The summed E-state index contributed by atoms with van der Waals surface area (Å²) in [7, 11) is 0. The number of unbranched alkanes of at least 4 members (excludes halogenated alkanes) is 2. The van der Waals surface area contributed by atoms with Gasteiger partial charge in [0.1, 0.15) is 11.5 Å². The van der Waals surface area contributed by atoms with E-state index in [0.29, 0.717) is 11.5 Å². The maximum absolute atomic E-state index is 12.1. The molecule has 0 heterocycles. The lowest BCUT2D eigenvalue weighted by molar-refractivity contribution is 0.151. The zero-order chi connectivity index (χ0) is 17.2. The fourth-order valence-corrected chi connectivity index (χ4v) is 2.64. The summed E-state index contributed by atoms with van der Waals surface area (Å²) in [6.45, 7) is 4.35. The van der Waals surface area contributed by atoms with Crippen LogP contribution < -0.4 is 9.47 Å². The highest BCUT2D eigenvalue weighted by molar-refractivity contribution is 5.68. The van der Waals surface area contributed by atoms with Crippen molar-refractivity contribution in [3.05, 3.63) is 59.7 Å². The quantitative estimate of drug-likeness (QED) is 0.444. The monoisotopic (exact) mass is 326 g/mol. The van der Waals surface area contributed by atoms with Gasteiger partial charge in [0, 0.05) is 0 Å². The number of hydrogen-bond acceptors (Lipinski definition) is 3. The molecule has 0 bridgehead atoms. The van der Waals surface area contributed by atoms with Crippen LogP contribution in [0.5, 0.6) is 11.5 Å². The largest absolute Gasteiger partial charge is 0.519 e. The molecule has 2 rings (SSSR count). The highest BCUT2D eigenvalue weighted by Crippen LogP contribution is 2.26. The second-order valence-corrected chi connectivity index (χ2v) is 5.87. The summed E-state index contributed by atoms with van der Waals surface area (Å²) >= 11 is 0. The van der Waals surface area contributed by atoms with Crippen molar-refractivity contribution < 1.29 is 14.3 Å². The molecule has 0 saturated carbocycles. The van der Waals surface area contributed by atoms with Crippen LogP contribution in [0.4, 0.5) is 4.79 Å². The summed E-state index contributed by atoms with van der Waals surface area (Å²) < 4.78 is 10.7. The maximum Gasteiger partial charge on any atom is 0.519 e. The molecule has 0 aromatic heterocycles. The predicted octanol–water partition coefficient (Wildman–Crippen LogP) is 5.95. The van der Waals surface area contributed by atoms with Gasteiger partial charge in [0.25, 0.3) is 0 Å². The predicted molar refractivity (Wildman–Crippen MR) is 96.8 cm³/mol. The van der Waals surface area contributed by atoms with Crippen molar-refractivity contribution in [2.75, 3.05) is 0 Å². The summed E-state index contributed by atoms with van der Waals surface area (Å²) in [5.74, 6) is 1.11. The fraction of sp³-hybridized carbons (Fsp3) is 0.381. The number of hydrogen-bond donors (Lipinski definition) is 0. The van der Waals surface area contributed by atoms with Gasteiger partial charge in [-0.2, -0.15) is 0 Å². The zero-order valence-corrected chi connectivity index (χ0v) is 14.6.